The largest absolute Gasteiger partial charge is 0.389 e. The highest BCUT2D eigenvalue weighted by Gasteiger charge is 2.39. The predicted molar refractivity (Wildman–Crippen MR) is 159 cm³/mol. The molecule has 3 N–H and O–H groups in total. The molecule has 2 fully saturated rings. The normalized spacial score (nSPS) is 21.3. The van der Waals surface area contributed by atoms with Gasteiger partial charge < -0.3 is 20.6 Å². The van der Waals surface area contributed by atoms with E-state index in [-0.39, 0.29) is 61.3 Å². The molecule has 43 heavy (non-hydrogen) atoms. The first-order valence-electron chi connectivity index (χ1n) is 14.9. The van der Waals surface area contributed by atoms with Gasteiger partial charge in [-0.15, -0.1) is 0 Å². The Morgan fingerprint density at radius 1 is 1.12 bits per heavy atom. The molecule has 2 unspecified atom stereocenters. The van der Waals surface area contributed by atoms with Crippen molar-refractivity contribution in [2.75, 3.05) is 32.7 Å². The Morgan fingerprint density at radius 3 is 2.42 bits per heavy atom. The van der Waals surface area contributed by atoms with Crippen LogP contribution in [0.4, 0.5) is 8.78 Å². The van der Waals surface area contributed by atoms with Gasteiger partial charge in [-0.05, 0) is 54.2 Å². The summed E-state index contributed by atoms with van der Waals surface area (Å²) in [6.45, 7) is 7.23. The molecule has 0 saturated carbocycles. The van der Waals surface area contributed by atoms with E-state index in [2.05, 4.69) is 10.6 Å². The summed E-state index contributed by atoms with van der Waals surface area (Å²) < 4.78 is 56.3. The van der Waals surface area contributed by atoms with Gasteiger partial charge in [-0.2, -0.15) is 4.31 Å². The first-order chi connectivity index (χ1) is 20.4. The van der Waals surface area contributed by atoms with Crippen molar-refractivity contribution in [1.82, 2.24) is 19.8 Å². The number of piperazine rings is 1. The number of unbranched alkanes of at least 4 members (excludes halogenated alkanes) is 1. The molecule has 0 aromatic heterocycles. The number of aliphatic hydroxyl groups excluding tert-OH is 1. The highest BCUT2D eigenvalue weighted by molar-refractivity contribution is 7.89. The van der Waals surface area contributed by atoms with Crippen LogP contribution in [0, 0.1) is 17.6 Å². The Labute approximate surface area is 252 Å². The quantitative estimate of drug-likeness (QED) is 0.336. The lowest BCUT2D eigenvalue weighted by atomic mass is 9.94. The van der Waals surface area contributed by atoms with Gasteiger partial charge in [0.2, 0.25) is 21.8 Å². The van der Waals surface area contributed by atoms with Crippen molar-refractivity contribution in [3.8, 4) is 0 Å². The van der Waals surface area contributed by atoms with Crippen LogP contribution in [0.2, 0.25) is 0 Å². The second kappa shape index (κ2) is 14.2. The lowest BCUT2D eigenvalue weighted by Gasteiger charge is -2.38. The van der Waals surface area contributed by atoms with Crippen LogP contribution in [-0.2, 0) is 26.0 Å². The van der Waals surface area contributed by atoms with Crippen molar-refractivity contribution in [1.29, 1.82) is 0 Å². The lowest BCUT2D eigenvalue weighted by molar-refractivity contribution is -0.129. The number of amides is 2. The van der Waals surface area contributed by atoms with Crippen molar-refractivity contribution >= 4 is 21.8 Å². The first kappa shape index (κ1) is 33.0. The van der Waals surface area contributed by atoms with E-state index in [9.17, 15) is 31.9 Å². The average molecular weight is 621 g/mol. The van der Waals surface area contributed by atoms with Crippen LogP contribution in [0.3, 0.4) is 0 Å². The number of hydrogen-bond donors (Lipinski definition) is 3. The van der Waals surface area contributed by atoms with E-state index in [1.807, 2.05) is 20.8 Å². The molecule has 2 aromatic carbocycles. The van der Waals surface area contributed by atoms with E-state index in [1.54, 1.807) is 29.2 Å². The third-order valence-corrected chi connectivity index (χ3v) is 10.1. The SMILES string of the molecule is CCCCN1CC(C(=O)NC(Cc2cc(F)cc(F)c2)[C@H](O)[C@H]2CN(S(=O)(=O)c3ccc(C(C)C)cc3)CCN2)CC1=O. The Balaban J connectivity index is 1.52. The highest BCUT2D eigenvalue weighted by atomic mass is 32.2. The van der Waals surface area contributed by atoms with E-state index in [4.69, 9.17) is 0 Å². The summed E-state index contributed by atoms with van der Waals surface area (Å²) in [5, 5.41) is 17.5. The topological polar surface area (TPSA) is 119 Å². The van der Waals surface area contributed by atoms with Crippen LogP contribution in [0.5, 0.6) is 0 Å². The molecule has 2 saturated heterocycles. The number of aliphatic hydroxyl groups is 1. The van der Waals surface area contributed by atoms with E-state index in [0.717, 1.165) is 36.6 Å². The standard InChI is InChI=1S/C31H42F2N4O5S/c1-4-5-11-36-18-23(16-29(36)38)31(40)35-27(15-21-13-24(32)17-25(33)14-21)30(39)28-19-37(12-10-34-28)43(41,42)26-8-6-22(7-9-26)20(2)3/h6-9,13-14,17,20,23,27-28,30,34,39H,4-5,10-12,15-16,18-19H2,1-3H3,(H,35,40)/t23?,27?,28-,30+/m1/s1. The number of benzene rings is 2. The van der Waals surface area contributed by atoms with Crippen LogP contribution in [0.1, 0.15) is 57.1 Å². The number of likely N-dealkylation sites (tertiary alicyclic amines) is 1. The van der Waals surface area contributed by atoms with E-state index >= 15 is 0 Å². The number of rotatable bonds is 12. The van der Waals surface area contributed by atoms with Crippen LogP contribution in [-0.4, -0.2) is 85.5 Å². The number of halogens is 2. The Morgan fingerprint density at radius 2 is 1.79 bits per heavy atom. The van der Waals surface area contributed by atoms with Crippen molar-refractivity contribution in [3.63, 3.8) is 0 Å². The van der Waals surface area contributed by atoms with Gasteiger partial charge in [-0.25, -0.2) is 17.2 Å². The molecule has 2 aliphatic rings. The van der Waals surface area contributed by atoms with Gasteiger partial charge in [0.15, 0.2) is 0 Å². The first-order valence-corrected chi connectivity index (χ1v) is 16.4. The van der Waals surface area contributed by atoms with Crippen LogP contribution in [0.25, 0.3) is 0 Å². The summed E-state index contributed by atoms with van der Waals surface area (Å²) in [4.78, 5) is 27.6. The van der Waals surface area contributed by atoms with Gasteiger partial charge in [0, 0.05) is 51.3 Å². The van der Waals surface area contributed by atoms with Crippen LogP contribution >= 0.6 is 0 Å². The molecule has 2 amide bonds. The second-order valence-corrected chi connectivity index (χ2v) is 13.8. The van der Waals surface area contributed by atoms with Crippen LogP contribution in [0.15, 0.2) is 47.4 Å². The smallest absolute Gasteiger partial charge is 0.243 e. The zero-order valence-corrected chi connectivity index (χ0v) is 25.7. The number of nitrogens with zero attached hydrogens (tertiary/aromatic N) is 2. The van der Waals surface area contributed by atoms with Gasteiger partial charge in [-0.3, -0.25) is 9.59 Å². The van der Waals surface area contributed by atoms with Crippen molar-refractivity contribution < 1.29 is 31.9 Å². The van der Waals surface area contributed by atoms with Gasteiger partial charge in [0.05, 0.1) is 23.0 Å². The van der Waals surface area contributed by atoms with Gasteiger partial charge in [0.25, 0.3) is 0 Å². The summed E-state index contributed by atoms with van der Waals surface area (Å²) >= 11 is 0. The molecule has 0 spiro atoms. The number of carbonyl (C=O) groups excluding carboxylic acids is 2. The summed E-state index contributed by atoms with van der Waals surface area (Å²) in [6.07, 6.45) is 0.342. The molecule has 0 aliphatic carbocycles. The minimum absolute atomic E-state index is 0.0380. The molecule has 9 nitrogen and oxygen atoms in total. The van der Waals surface area contributed by atoms with E-state index < -0.39 is 51.7 Å². The Kier molecular flexibility index (Phi) is 10.9. The summed E-state index contributed by atoms with van der Waals surface area (Å²) in [5.41, 5.74) is 1.23. The fourth-order valence-electron chi connectivity index (χ4n) is 5.70. The number of sulfonamides is 1. The Hall–Kier alpha value is -2.93. The molecule has 2 aromatic rings. The summed E-state index contributed by atoms with van der Waals surface area (Å²) in [6, 6.07) is 7.92. The maximum absolute atomic E-state index is 14.0. The zero-order valence-electron chi connectivity index (χ0n) is 24.9. The number of carbonyl (C=O) groups is 2. The number of hydrogen-bond acceptors (Lipinski definition) is 6. The highest BCUT2D eigenvalue weighted by Crippen LogP contribution is 2.24. The fourth-order valence-corrected chi connectivity index (χ4v) is 7.17. The predicted octanol–water partition coefficient (Wildman–Crippen LogP) is 2.79. The number of nitrogens with one attached hydrogen (secondary N) is 2. The molecule has 4 atom stereocenters. The molecule has 2 heterocycles. The van der Waals surface area contributed by atoms with E-state index in [1.165, 1.54) is 4.31 Å². The molecule has 236 valence electrons. The van der Waals surface area contributed by atoms with Crippen LogP contribution < -0.4 is 10.6 Å². The molecule has 0 radical (unpaired) electrons. The van der Waals surface area contributed by atoms with Gasteiger partial charge >= 0.3 is 0 Å². The van der Waals surface area contributed by atoms with Gasteiger partial charge in [0.1, 0.15) is 11.6 Å². The minimum atomic E-state index is -3.87. The molecule has 12 heteroatoms. The summed E-state index contributed by atoms with van der Waals surface area (Å²) in [7, 11) is -3.87. The third-order valence-electron chi connectivity index (χ3n) is 8.25. The van der Waals surface area contributed by atoms with Crippen molar-refractivity contribution in [2.24, 2.45) is 5.92 Å². The third kappa shape index (κ3) is 8.17. The van der Waals surface area contributed by atoms with Gasteiger partial charge in [-0.1, -0.05) is 39.3 Å². The average Bonchev–Trinajstić information content (AvgIpc) is 3.35. The Bertz CT molecular complexity index is 1370. The summed E-state index contributed by atoms with van der Waals surface area (Å²) in [5.74, 6) is -2.53. The molecular weight excluding hydrogens is 578 g/mol. The monoisotopic (exact) mass is 620 g/mol. The zero-order chi connectivity index (χ0) is 31.3. The fraction of sp³-hybridized carbons (Fsp3) is 0.548. The van der Waals surface area contributed by atoms with Crippen molar-refractivity contribution in [3.05, 3.63) is 65.2 Å². The lowest BCUT2D eigenvalue weighted by Crippen LogP contribution is -2.62. The van der Waals surface area contributed by atoms with Crippen molar-refractivity contribution in [2.45, 2.75) is 75.5 Å². The van der Waals surface area contributed by atoms with E-state index in [0.29, 0.717) is 6.54 Å². The molecule has 4 rings (SSSR count). The molecule has 0 bridgehead atoms. The molecule has 2 aliphatic heterocycles. The molecular formula is C31H42F2N4O5S. The second-order valence-electron chi connectivity index (χ2n) is 11.8. The maximum atomic E-state index is 14.0. The maximum Gasteiger partial charge on any atom is 0.243 e. The minimum Gasteiger partial charge on any atom is -0.389 e.